The minimum atomic E-state index is -0.0200. The maximum absolute atomic E-state index is 8.35. The van der Waals surface area contributed by atoms with E-state index in [4.69, 9.17) is 14.9 Å². The summed E-state index contributed by atoms with van der Waals surface area (Å²) in [6.45, 7) is 6.36. The summed E-state index contributed by atoms with van der Waals surface area (Å²) in [4.78, 5) is 8.35. The molecule has 0 fully saturated rings. The molecule has 3 nitrogen and oxygen atoms in total. The van der Waals surface area contributed by atoms with Crippen LogP contribution in [0.2, 0.25) is 0 Å². The summed E-state index contributed by atoms with van der Waals surface area (Å²) in [5.74, 6) is 1.05. The van der Waals surface area contributed by atoms with Gasteiger partial charge in [0.2, 0.25) is 6.08 Å². The van der Waals surface area contributed by atoms with Gasteiger partial charge in [-0.25, -0.2) is 10.2 Å². The zero-order chi connectivity index (χ0) is 11.5. The zero-order valence-corrected chi connectivity index (χ0v) is 9.26. The molecule has 0 aromatic rings. The fourth-order valence-corrected chi connectivity index (χ4v) is 1.61. The Morgan fingerprint density at radius 2 is 2.07 bits per heavy atom. The summed E-state index contributed by atoms with van der Waals surface area (Å²) in [5, 5.41) is 5.40. The fourth-order valence-electron chi connectivity index (χ4n) is 1.61. The van der Waals surface area contributed by atoms with Crippen LogP contribution in [0.3, 0.4) is 0 Å². The van der Waals surface area contributed by atoms with E-state index in [0.717, 1.165) is 18.3 Å². The van der Waals surface area contributed by atoms with Crippen LogP contribution in [0.4, 0.5) is 0 Å². The molecule has 0 amide bonds. The van der Waals surface area contributed by atoms with Crippen LogP contribution in [0.1, 0.15) is 27.2 Å². The summed E-state index contributed by atoms with van der Waals surface area (Å²) in [6, 6.07) is 0. The molecule has 0 saturated carbocycles. The van der Waals surface area contributed by atoms with Crippen LogP contribution < -0.4 is 0 Å². The first kappa shape index (κ1) is 11.5. The molecule has 2 aliphatic rings. The Bertz CT molecular complexity index is 380. The molecule has 1 aliphatic heterocycles. The predicted octanol–water partition coefficient (Wildman–Crippen LogP) is 2.86. The molecule has 1 N–H and O–H groups in total. The van der Waals surface area contributed by atoms with Crippen LogP contribution in [0, 0.1) is 5.41 Å². The standard InChI is InChI=1S/C11H14O.CHNO/c1-8-4-5-10-9(8)6-7-11(2,3)12-10;2-1-3/h4-6H,7H2,1-3H3;2H. The highest BCUT2D eigenvalue weighted by molar-refractivity contribution is 5.52. The predicted molar refractivity (Wildman–Crippen MR) is 58.1 cm³/mol. The Kier molecular flexibility index (Phi) is 3.28. The van der Waals surface area contributed by atoms with Crippen molar-refractivity contribution in [2.24, 2.45) is 0 Å². The van der Waals surface area contributed by atoms with Gasteiger partial charge in [0.1, 0.15) is 11.4 Å². The SMILES string of the molecule is CC1=CC=C2OC(C)(C)CC=C12.N=C=O. The van der Waals surface area contributed by atoms with E-state index in [1.54, 1.807) is 0 Å². The average molecular weight is 205 g/mol. The van der Waals surface area contributed by atoms with Crippen molar-refractivity contribution in [2.75, 3.05) is 0 Å². The van der Waals surface area contributed by atoms with Crippen LogP contribution in [0.15, 0.2) is 35.1 Å². The van der Waals surface area contributed by atoms with Crippen LogP contribution >= 0.6 is 0 Å². The molecule has 0 saturated heterocycles. The van der Waals surface area contributed by atoms with Crippen molar-refractivity contribution < 1.29 is 9.53 Å². The molecule has 0 bridgehead atoms. The maximum Gasteiger partial charge on any atom is 0.231 e. The van der Waals surface area contributed by atoms with Gasteiger partial charge in [-0.3, -0.25) is 0 Å². The molecule has 0 radical (unpaired) electrons. The number of isocyanates is 1. The third kappa shape index (κ3) is 2.67. The van der Waals surface area contributed by atoms with Gasteiger partial charge in [-0.2, -0.15) is 0 Å². The Morgan fingerprint density at radius 3 is 2.67 bits per heavy atom. The van der Waals surface area contributed by atoms with Crippen molar-refractivity contribution in [1.82, 2.24) is 0 Å². The summed E-state index contributed by atoms with van der Waals surface area (Å²) in [7, 11) is 0. The summed E-state index contributed by atoms with van der Waals surface area (Å²) >= 11 is 0. The number of hydrogen-bond donors (Lipinski definition) is 1. The van der Waals surface area contributed by atoms with E-state index in [-0.39, 0.29) is 5.60 Å². The second-order valence-corrected chi connectivity index (χ2v) is 4.17. The molecule has 0 unspecified atom stereocenters. The molecule has 80 valence electrons. The largest absolute Gasteiger partial charge is 0.487 e. The maximum atomic E-state index is 8.35. The van der Waals surface area contributed by atoms with Crippen LogP contribution in [-0.2, 0) is 9.53 Å². The lowest BCUT2D eigenvalue weighted by Crippen LogP contribution is -2.26. The Morgan fingerprint density at radius 1 is 1.47 bits per heavy atom. The van der Waals surface area contributed by atoms with Gasteiger partial charge in [-0.1, -0.05) is 12.2 Å². The highest BCUT2D eigenvalue weighted by Gasteiger charge is 2.28. The first-order valence-corrected chi connectivity index (χ1v) is 4.82. The minimum Gasteiger partial charge on any atom is -0.487 e. The van der Waals surface area contributed by atoms with Crippen molar-refractivity contribution >= 4 is 6.08 Å². The molecule has 15 heavy (non-hydrogen) atoms. The van der Waals surface area contributed by atoms with Gasteiger partial charge < -0.3 is 4.74 Å². The number of rotatable bonds is 0. The number of ether oxygens (including phenoxy) is 1. The van der Waals surface area contributed by atoms with E-state index < -0.39 is 0 Å². The Balaban J connectivity index is 0.000000337. The normalized spacial score (nSPS) is 20.6. The number of hydrogen-bond acceptors (Lipinski definition) is 3. The number of fused-ring (bicyclic) bond motifs is 1. The molecule has 1 aliphatic carbocycles. The topological polar surface area (TPSA) is 50.1 Å². The third-order valence-corrected chi connectivity index (χ3v) is 2.36. The van der Waals surface area contributed by atoms with Crippen LogP contribution in [0.5, 0.6) is 0 Å². The van der Waals surface area contributed by atoms with E-state index >= 15 is 0 Å². The lowest BCUT2D eigenvalue weighted by atomic mass is 9.97. The zero-order valence-electron chi connectivity index (χ0n) is 9.26. The van der Waals surface area contributed by atoms with Gasteiger partial charge in [0.05, 0.1) is 0 Å². The second-order valence-electron chi connectivity index (χ2n) is 4.17. The molecular weight excluding hydrogens is 190 g/mol. The van der Waals surface area contributed by atoms with Gasteiger partial charge in [0.15, 0.2) is 0 Å². The number of allylic oxidation sites excluding steroid dienone is 3. The Labute approximate surface area is 89.6 Å². The monoisotopic (exact) mass is 205 g/mol. The smallest absolute Gasteiger partial charge is 0.231 e. The quantitative estimate of drug-likeness (QED) is 0.488. The van der Waals surface area contributed by atoms with Gasteiger partial charge in [0.25, 0.3) is 0 Å². The van der Waals surface area contributed by atoms with Crippen LogP contribution in [0.25, 0.3) is 0 Å². The fraction of sp³-hybridized carbons (Fsp3) is 0.417. The van der Waals surface area contributed by atoms with Crippen molar-refractivity contribution in [3.05, 3.63) is 35.1 Å². The lowest BCUT2D eigenvalue weighted by molar-refractivity contribution is 0.0359. The van der Waals surface area contributed by atoms with Gasteiger partial charge >= 0.3 is 0 Å². The minimum absolute atomic E-state index is 0.0200. The molecule has 0 spiro atoms. The van der Waals surface area contributed by atoms with Crippen molar-refractivity contribution in [1.29, 1.82) is 5.41 Å². The molecule has 0 atom stereocenters. The second kappa shape index (κ2) is 4.28. The van der Waals surface area contributed by atoms with Gasteiger partial charge in [0, 0.05) is 12.0 Å². The summed E-state index contributed by atoms with van der Waals surface area (Å²) in [6.07, 6.45) is 8.20. The molecule has 2 rings (SSSR count). The van der Waals surface area contributed by atoms with Crippen molar-refractivity contribution in [2.45, 2.75) is 32.8 Å². The van der Waals surface area contributed by atoms with E-state index in [1.807, 2.05) is 0 Å². The first-order valence-electron chi connectivity index (χ1n) is 4.82. The Hall–Kier alpha value is -1.60. The van der Waals surface area contributed by atoms with Crippen LogP contribution in [-0.4, -0.2) is 11.7 Å². The average Bonchev–Trinajstić information content (AvgIpc) is 2.46. The summed E-state index contributed by atoms with van der Waals surface area (Å²) < 4.78 is 5.81. The van der Waals surface area contributed by atoms with E-state index in [9.17, 15) is 0 Å². The van der Waals surface area contributed by atoms with Gasteiger partial charge in [-0.05, 0) is 32.4 Å². The summed E-state index contributed by atoms with van der Waals surface area (Å²) in [5.41, 5.74) is 2.59. The van der Waals surface area contributed by atoms with E-state index in [2.05, 4.69) is 39.0 Å². The first-order chi connectivity index (χ1) is 7.00. The molecule has 0 aromatic heterocycles. The lowest BCUT2D eigenvalue weighted by Gasteiger charge is -2.31. The van der Waals surface area contributed by atoms with Gasteiger partial charge in [-0.15, -0.1) is 0 Å². The molecular formula is C12H15NO2. The van der Waals surface area contributed by atoms with Crippen molar-refractivity contribution in [3.63, 3.8) is 0 Å². The van der Waals surface area contributed by atoms with E-state index in [0.29, 0.717) is 0 Å². The number of carbonyl (C=O) groups excluding carboxylic acids is 1. The molecule has 1 heterocycles. The van der Waals surface area contributed by atoms with E-state index in [1.165, 1.54) is 11.1 Å². The molecule has 0 aromatic carbocycles. The van der Waals surface area contributed by atoms with Crippen molar-refractivity contribution in [3.8, 4) is 0 Å². The highest BCUT2D eigenvalue weighted by Crippen LogP contribution is 2.36. The third-order valence-electron chi connectivity index (χ3n) is 2.36. The highest BCUT2D eigenvalue weighted by atomic mass is 16.5. The molecule has 3 heteroatoms. The number of nitrogens with one attached hydrogen (secondary N) is 1.